The van der Waals surface area contributed by atoms with Crippen molar-refractivity contribution in [3.63, 3.8) is 0 Å². The number of hydrogen-bond acceptors (Lipinski definition) is 4. The third-order valence-corrected chi connectivity index (χ3v) is 6.86. The summed E-state index contributed by atoms with van der Waals surface area (Å²) in [6, 6.07) is 11.1. The van der Waals surface area contributed by atoms with Gasteiger partial charge in [0, 0.05) is 41.9 Å². The Kier molecular flexibility index (Phi) is 4.91. The van der Waals surface area contributed by atoms with Crippen molar-refractivity contribution >= 4 is 21.6 Å². The normalized spacial score (nSPS) is 14.7. The minimum Gasteiger partial charge on any atom is -0.236 e. The molecular formula is C20H17ClFN3O2S. The van der Waals surface area contributed by atoms with Gasteiger partial charge in [0.25, 0.3) is 0 Å². The first-order chi connectivity index (χ1) is 13.3. The van der Waals surface area contributed by atoms with E-state index in [-0.39, 0.29) is 11.4 Å². The maximum Gasteiger partial charge on any atom is 0.243 e. The van der Waals surface area contributed by atoms with Gasteiger partial charge in [0.1, 0.15) is 5.82 Å². The first-order valence-corrected chi connectivity index (χ1v) is 10.5. The zero-order chi connectivity index (χ0) is 19.9. The number of hydrogen-bond donors (Lipinski definition) is 0. The molecule has 0 saturated carbocycles. The molecule has 0 N–H and O–H groups in total. The highest BCUT2D eigenvalue weighted by Crippen LogP contribution is 2.26. The molecule has 1 aliphatic heterocycles. The molecule has 1 aromatic heterocycles. The molecular weight excluding hydrogens is 401 g/mol. The molecule has 2 aromatic carbocycles. The van der Waals surface area contributed by atoms with E-state index in [4.69, 9.17) is 11.6 Å². The highest BCUT2D eigenvalue weighted by atomic mass is 35.5. The zero-order valence-corrected chi connectivity index (χ0v) is 16.6. The highest BCUT2D eigenvalue weighted by Gasteiger charge is 2.29. The third-order valence-electron chi connectivity index (χ3n) is 4.77. The van der Waals surface area contributed by atoms with Crippen molar-refractivity contribution in [2.24, 2.45) is 0 Å². The summed E-state index contributed by atoms with van der Waals surface area (Å²) < 4.78 is 40.7. The lowest BCUT2D eigenvalue weighted by molar-refractivity contribution is 0.387. The van der Waals surface area contributed by atoms with E-state index in [0.29, 0.717) is 29.4 Å². The lowest BCUT2D eigenvalue weighted by atomic mass is 10.1. The maximum absolute atomic E-state index is 13.5. The number of fused-ring (bicyclic) bond motifs is 1. The van der Waals surface area contributed by atoms with Crippen molar-refractivity contribution < 1.29 is 12.8 Å². The molecule has 4 rings (SSSR count). The van der Waals surface area contributed by atoms with Gasteiger partial charge in [0.2, 0.25) is 10.0 Å². The van der Waals surface area contributed by atoms with Gasteiger partial charge in [-0.2, -0.15) is 4.31 Å². The van der Waals surface area contributed by atoms with Crippen LogP contribution < -0.4 is 0 Å². The standard InChI is InChI=1S/C20H17ClFN3O2S/c1-13-10-17(6-7-18(13)22)28(26,27)25-9-8-19-15(12-25)11-23-20(24-19)14-2-4-16(21)5-3-14/h2-7,10-11H,8-9,12H2,1H3. The Morgan fingerprint density at radius 3 is 2.61 bits per heavy atom. The number of halogens is 2. The van der Waals surface area contributed by atoms with Crippen molar-refractivity contribution in [3.05, 3.63) is 76.3 Å². The van der Waals surface area contributed by atoms with Crippen LogP contribution in [0.1, 0.15) is 16.8 Å². The maximum atomic E-state index is 13.5. The number of benzene rings is 2. The van der Waals surface area contributed by atoms with Crippen LogP contribution in [0.15, 0.2) is 53.6 Å². The SMILES string of the molecule is Cc1cc(S(=O)(=O)N2CCc3nc(-c4ccc(Cl)cc4)ncc3C2)ccc1F. The molecule has 28 heavy (non-hydrogen) atoms. The van der Waals surface area contributed by atoms with Gasteiger partial charge in [-0.3, -0.25) is 0 Å². The van der Waals surface area contributed by atoms with Crippen molar-refractivity contribution in [2.45, 2.75) is 24.8 Å². The van der Waals surface area contributed by atoms with E-state index >= 15 is 0 Å². The third kappa shape index (κ3) is 3.53. The second kappa shape index (κ2) is 7.24. The van der Waals surface area contributed by atoms with Crippen LogP contribution in [-0.4, -0.2) is 29.2 Å². The molecule has 0 radical (unpaired) electrons. The first kappa shape index (κ1) is 19.0. The van der Waals surface area contributed by atoms with Crippen molar-refractivity contribution in [2.75, 3.05) is 6.54 Å². The van der Waals surface area contributed by atoms with E-state index in [1.165, 1.54) is 22.5 Å². The second-order valence-corrected chi connectivity index (χ2v) is 9.05. The van der Waals surface area contributed by atoms with E-state index in [2.05, 4.69) is 9.97 Å². The Hall–Kier alpha value is -2.35. The molecule has 0 spiro atoms. The molecule has 0 bridgehead atoms. The smallest absolute Gasteiger partial charge is 0.236 e. The molecule has 3 aromatic rings. The lowest BCUT2D eigenvalue weighted by Gasteiger charge is -2.27. The Bertz CT molecular complexity index is 1150. The van der Waals surface area contributed by atoms with Gasteiger partial charge in [-0.25, -0.2) is 22.8 Å². The van der Waals surface area contributed by atoms with Gasteiger partial charge in [0.05, 0.1) is 10.6 Å². The summed E-state index contributed by atoms with van der Waals surface area (Å²) in [5, 5.41) is 0.638. The highest BCUT2D eigenvalue weighted by molar-refractivity contribution is 7.89. The van der Waals surface area contributed by atoms with Crippen LogP contribution >= 0.6 is 11.6 Å². The quantitative estimate of drug-likeness (QED) is 0.646. The molecule has 2 heterocycles. The predicted octanol–water partition coefficient (Wildman–Crippen LogP) is 3.99. The van der Waals surface area contributed by atoms with Crippen molar-refractivity contribution in [1.82, 2.24) is 14.3 Å². The van der Waals surface area contributed by atoms with Crippen LogP contribution in [0.5, 0.6) is 0 Å². The Morgan fingerprint density at radius 2 is 1.89 bits per heavy atom. The van der Waals surface area contributed by atoms with Crippen LogP contribution in [0.4, 0.5) is 4.39 Å². The van der Waals surface area contributed by atoms with Crippen LogP contribution in [0, 0.1) is 12.7 Å². The van der Waals surface area contributed by atoms with Crippen molar-refractivity contribution in [3.8, 4) is 11.4 Å². The van der Waals surface area contributed by atoms with Crippen LogP contribution in [0.25, 0.3) is 11.4 Å². The number of aryl methyl sites for hydroxylation is 1. The molecule has 1 aliphatic rings. The molecule has 0 fully saturated rings. The summed E-state index contributed by atoms with van der Waals surface area (Å²) >= 11 is 5.92. The molecule has 0 amide bonds. The Labute approximate surface area is 167 Å². The van der Waals surface area contributed by atoms with E-state index in [1.54, 1.807) is 25.3 Å². The number of aromatic nitrogens is 2. The van der Waals surface area contributed by atoms with E-state index in [0.717, 1.165) is 16.8 Å². The molecule has 5 nitrogen and oxygen atoms in total. The monoisotopic (exact) mass is 417 g/mol. The van der Waals surface area contributed by atoms with Gasteiger partial charge in [-0.15, -0.1) is 0 Å². The van der Waals surface area contributed by atoms with E-state index in [1.807, 2.05) is 12.1 Å². The summed E-state index contributed by atoms with van der Waals surface area (Å²) in [5.41, 5.74) is 2.76. The summed E-state index contributed by atoms with van der Waals surface area (Å²) in [6.07, 6.45) is 2.15. The van der Waals surface area contributed by atoms with Crippen LogP contribution in [-0.2, 0) is 23.0 Å². The van der Waals surface area contributed by atoms with E-state index < -0.39 is 15.8 Å². The van der Waals surface area contributed by atoms with Crippen LogP contribution in [0.3, 0.4) is 0 Å². The summed E-state index contributed by atoms with van der Waals surface area (Å²) in [5.74, 6) is 0.159. The number of sulfonamides is 1. The summed E-state index contributed by atoms with van der Waals surface area (Å²) in [7, 11) is -3.71. The fraction of sp³-hybridized carbons (Fsp3) is 0.200. The first-order valence-electron chi connectivity index (χ1n) is 8.71. The number of nitrogens with zero attached hydrogens (tertiary/aromatic N) is 3. The van der Waals surface area contributed by atoms with Gasteiger partial charge in [-0.05, 0) is 55.0 Å². The fourth-order valence-electron chi connectivity index (χ4n) is 3.16. The minimum absolute atomic E-state index is 0.0913. The van der Waals surface area contributed by atoms with E-state index in [9.17, 15) is 12.8 Å². The van der Waals surface area contributed by atoms with Gasteiger partial charge in [-0.1, -0.05) is 11.6 Å². The Balaban J connectivity index is 1.61. The van der Waals surface area contributed by atoms with Gasteiger partial charge < -0.3 is 0 Å². The van der Waals surface area contributed by atoms with Crippen LogP contribution in [0.2, 0.25) is 5.02 Å². The largest absolute Gasteiger partial charge is 0.243 e. The second-order valence-electron chi connectivity index (χ2n) is 6.67. The zero-order valence-electron chi connectivity index (χ0n) is 15.1. The average molecular weight is 418 g/mol. The predicted molar refractivity (Wildman–Crippen MR) is 105 cm³/mol. The molecule has 8 heteroatoms. The molecule has 0 atom stereocenters. The van der Waals surface area contributed by atoms with Crippen molar-refractivity contribution in [1.29, 1.82) is 0 Å². The molecule has 0 saturated heterocycles. The Morgan fingerprint density at radius 1 is 1.14 bits per heavy atom. The lowest BCUT2D eigenvalue weighted by Crippen LogP contribution is -2.36. The minimum atomic E-state index is -3.71. The average Bonchev–Trinajstić information content (AvgIpc) is 2.69. The topological polar surface area (TPSA) is 63.2 Å². The number of rotatable bonds is 3. The molecule has 0 aliphatic carbocycles. The van der Waals surface area contributed by atoms with Gasteiger partial charge in [0.15, 0.2) is 5.82 Å². The fourth-order valence-corrected chi connectivity index (χ4v) is 4.79. The summed E-state index contributed by atoms with van der Waals surface area (Å²) in [6.45, 7) is 2.05. The molecule has 0 unspecified atom stereocenters. The molecule has 144 valence electrons. The summed E-state index contributed by atoms with van der Waals surface area (Å²) in [4.78, 5) is 9.08. The van der Waals surface area contributed by atoms with Gasteiger partial charge >= 0.3 is 0 Å².